The fourth-order valence-electron chi connectivity index (χ4n) is 2.37. The Labute approximate surface area is 133 Å². The van der Waals surface area contributed by atoms with Crippen LogP contribution in [0.5, 0.6) is 0 Å². The fraction of sp³-hybridized carbons (Fsp3) is 0. The van der Waals surface area contributed by atoms with Gasteiger partial charge in [-0.05, 0) is 33.6 Å². The van der Waals surface area contributed by atoms with Crippen LogP contribution in [0.4, 0.5) is 0 Å². The van der Waals surface area contributed by atoms with Crippen LogP contribution in [0.15, 0.2) is 63.3 Å². The highest BCUT2D eigenvalue weighted by Gasteiger charge is 2.19. The van der Waals surface area contributed by atoms with Crippen molar-refractivity contribution >= 4 is 37.5 Å². The summed E-state index contributed by atoms with van der Waals surface area (Å²) in [6, 6.07) is 14.0. The Morgan fingerprint density at radius 3 is 2.62 bits per heavy atom. The molecule has 3 aromatic heterocycles. The summed E-state index contributed by atoms with van der Waals surface area (Å²) in [5.74, 6) is 0.755. The Kier molecular flexibility index (Phi) is 3.09. The maximum absolute atomic E-state index is 5.53. The van der Waals surface area contributed by atoms with Crippen molar-refractivity contribution in [2.24, 2.45) is 0 Å². The Bertz CT molecular complexity index is 901. The second-order valence-corrected chi connectivity index (χ2v) is 6.81. The number of hydrogen-bond donors (Lipinski definition) is 0. The smallest absolute Gasteiger partial charge is 0.153 e. The van der Waals surface area contributed by atoms with Gasteiger partial charge in [0.15, 0.2) is 5.76 Å². The Morgan fingerprint density at radius 1 is 1.00 bits per heavy atom. The zero-order valence-electron chi connectivity index (χ0n) is 10.8. The SMILES string of the molecule is Brc1sc2ncnc(-c3ccco3)c2c1-c1ccccc1. The van der Waals surface area contributed by atoms with Crippen molar-refractivity contribution in [1.29, 1.82) is 0 Å². The van der Waals surface area contributed by atoms with Crippen LogP contribution in [-0.2, 0) is 0 Å². The molecule has 0 saturated carbocycles. The van der Waals surface area contributed by atoms with Crippen LogP contribution in [0, 0.1) is 0 Å². The maximum Gasteiger partial charge on any atom is 0.153 e. The van der Waals surface area contributed by atoms with Crippen molar-refractivity contribution in [2.75, 3.05) is 0 Å². The molecule has 1 aromatic carbocycles. The van der Waals surface area contributed by atoms with Gasteiger partial charge >= 0.3 is 0 Å². The second kappa shape index (κ2) is 5.09. The molecule has 0 radical (unpaired) electrons. The van der Waals surface area contributed by atoms with E-state index >= 15 is 0 Å². The van der Waals surface area contributed by atoms with Gasteiger partial charge in [0.05, 0.1) is 10.0 Å². The summed E-state index contributed by atoms with van der Waals surface area (Å²) < 4.78 is 6.58. The molecular weight excluding hydrogens is 348 g/mol. The molecule has 0 aliphatic carbocycles. The van der Waals surface area contributed by atoms with E-state index in [1.54, 1.807) is 23.9 Å². The largest absolute Gasteiger partial charge is 0.463 e. The lowest BCUT2D eigenvalue weighted by Gasteiger charge is -2.04. The monoisotopic (exact) mass is 356 g/mol. The van der Waals surface area contributed by atoms with Crippen LogP contribution >= 0.6 is 27.3 Å². The zero-order valence-corrected chi connectivity index (χ0v) is 13.2. The second-order valence-electron chi connectivity index (χ2n) is 4.50. The predicted octanol–water partition coefficient (Wildman–Crippen LogP) is 5.38. The molecule has 0 bridgehead atoms. The lowest BCUT2D eigenvalue weighted by Crippen LogP contribution is -1.86. The number of rotatable bonds is 2. The lowest BCUT2D eigenvalue weighted by molar-refractivity contribution is 0.580. The molecule has 0 atom stereocenters. The van der Waals surface area contributed by atoms with Gasteiger partial charge in [-0.15, -0.1) is 11.3 Å². The molecule has 0 saturated heterocycles. The summed E-state index contributed by atoms with van der Waals surface area (Å²) in [7, 11) is 0. The van der Waals surface area contributed by atoms with Gasteiger partial charge in [-0.1, -0.05) is 30.3 Å². The lowest BCUT2D eigenvalue weighted by atomic mass is 10.0. The van der Waals surface area contributed by atoms with Crippen LogP contribution in [0.1, 0.15) is 0 Å². The van der Waals surface area contributed by atoms with E-state index in [9.17, 15) is 0 Å². The number of halogens is 1. The molecule has 102 valence electrons. The van der Waals surface area contributed by atoms with Crippen molar-refractivity contribution in [2.45, 2.75) is 0 Å². The van der Waals surface area contributed by atoms with Crippen molar-refractivity contribution < 1.29 is 4.42 Å². The first-order chi connectivity index (χ1) is 10.3. The quantitative estimate of drug-likeness (QED) is 0.483. The Hall–Kier alpha value is -1.98. The van der Waals surface area contributed by atoms with Gasteiger partial charge in [-0.2, -0.15) is 0 Å². The van der Waals surface area contributed by atoms with Crippen LogP contribution < -0.4 is 0 Å². The highest BCUT2D eigenvalue weighted by Crippen LogP contribution is 2.44. The van der Waals surface area contributed by atoms with Gasteiger partial charge in [0.1, 0.15) is 16.9 Å². The van der Waals surface area contributed by atoms with Gasteiger partial charge in [0.2, 0.25) is 0 Å². The standard InChI is InChI=1S/C16H9BrN2OS/c17-15-12(10-5-2-1-3-6-10)13-14(11-7-4-8-20-11)18-9-19-16(13)21-15/h1-9H. The molecule has 4 rings (SSSR count). The van der Waals surface area contributed by atoms with Gasteiger partial charge in [0.25, 0.3) is 0 Å². The molecule has 21 heavy (non-hydrogen) atoms. The first-order valence-corrected chi connectivity index (χ1v) is 7.98. The summed E-state index contributed by atoms with van der Waals surface area (Å²) in [6.45, 7) is 0. The van der Waals surface area contributed by atoms with E-state index in [1.165, 1.54) is 0 Å². The summed E-state index contributed by atoms with van der Waals surface area (Å²) in [5.41, 5.74) is 3.08. The summed E-state index contributed by atoms with van der Waals surface area (Å²) in [6.07, 6.45) is 3.24. The van der Waals surface area contributed by atoms with E-state index in [2.05, 4.69) is 38.0 Å². The maximum atomic E-state index is 5.53. The first-order valence-electron chi connectivity index (χ1n) is 6.37. The van der Waals surface area contributed by atoms with E-state index in [-0.39, 0.29) is 0 Å². The third-order valence-electron chi connectivity index (χ3n) is 3.26. The van der Waals surface area contributed by atoms with Crippen molar-refractivity contribution in [3.8, 4) is 22.6 Å². The first kappa shape index (κ1) is 12.7. The van der Waals surface area contributed by atoms with E-state index in [0.29, 0.717) is 0 Å². The van der Waals surface area contributed by atoms with Crippen molar-refractivity contribution in [3.63, 3.8) is 0 Å². The molecular formula is C16H9BrN2OS. The average molecular weight is 357 g/mol. The fourth-order valence-corrected chi connectivity index (χ4v) is 4.15. The van der Waals surface area contributed by atoms with Gasteiger partial charge in [0, 0.05) is 10.9 Å². The third-order valence-corrected chi connectivity index (χ3v) is 5.03. The van der Waals surface area contributed by atoms with Crippen molar-refractivity contribution in [1.82, 2.24) is 9.97 Å². The number of nitrogens with zero attached hydrogens (tertiary/aromatic N) is 2. The normalized spacial score (nSPS) is 11.1. The molecule has 0 amide bonds. The molecule has 0 aliphatic heterocycles. The van der Waals surface area contributed by atoms with E-state index in [0.717, 1.165) is 36.6 Å². The van der Waals surface area contributed by atoms with Crippen LogP contribution in [0.25, 0.3) is 32.8 Å². The molecule has 0 spiro atoms. The third kappa shape index (κ3) is 2.09. The highest BCUT2D eigenvalue weighted by molar-refractivity contribution is 9.11. The average Bonchev–Trinajstić information content (AvgIpc) is 3.14. The van der Waals surface area contributed by atoms with Crippen LogP contribution in [0.2, 0.25) is 0 Å². The summed E-state index contributed by atoms with van der Waals surface area (Å²) in [5, 5.41) is 1.02. The molecule has 0 fully saturated rings. The molecule has 3 heterocycles. The molecule has 0 aliphatic rings. The topological polar surface area (TPSA) is 38.9 Å². The predicted molar refractivity (Wildman–Crippen MR) is 88.3 cm³/mol. The Morgan fingerprint density at radius 2 is 1.86 bits per heavy atom. The minimum atomic E-state index is 0.755. The molecule has 5 heteroatoms. The van der Waals surface area contributed by atoms with Crippen LogP contribution in [-0.4, -0.2) is 9.97 Å². The van der Waals surface area contributed by atoms with Gasteiger partial charge < -0.3 is 4.42 Å². The summed E-state index contributed by atoms with van der Waals surface area (Å²) >= 11 is 5.27. The van der Waals surface area contributed by atoms with Gasteiger partial charge in [-0.3, -0.25) is 0 Å². The molecule has 0 unspecified atom stereocenters. The van der Waals surface area contributed by atoms with E-state index < -0.39 is 0 Å². The minimum absolute atomic E-state index is 0.755. The Balaban J connectivity index is 2.10. The number of furan rings is 1. The highest BCUT2D eigenvalue weighted by atomic mass is 79.9. The molecule has 4 aromatic rings. The summed E-state index contributed by atoms with van der Waals surface area (Å²) in [4.78, 5) is 9.77. The molecule has 0 N–H and O–H groups in total. The number of hydrogen-bond acceptors (Lipinski definition) is 4. The minimum Gasteiger partial charge on any atom is -0.463 e. The number of thiophene rings is 1. The molecule has 3 nitrogen and oxygen atoms in total. The number of fused-ring (bicyclic) bond motifs is 1. The number of benzene rings is 1. The van der Waals surface area contributed by atoms with E-state index in [4.69, 9.17) is 4.42 Å². The van der Waals surface area contributed by atoms with Crippen molar-refractivity contribution in [3.05, 3.63) is 58.8 Å². The van der Waals surface area contributed by atoms with E-state index in [1.807, 2.05) is 30.3 Å². The zero-order chi connectivity index (χ0) is 14.2. The van der Waals surface area contributed by atoms with Gasteiger partial charge in [-0.25, -0.2) is 9.97 Å². The number of aromatic nitrogens is 2. The van der Waals surface area contributed by atoms with Crippen LogP contribution in [0.3, 0.4) is 0 Å².